The number of aliphatic hydroxyl groups excluding tert-OH is 1. The molecule has 0 radical (unpaired) electrons. The van der Waals surface area contributed by atoms with Crippen molar-refractivity contribution in [3.05, 3.63) is 96.1 Å². The number of likely N-dealkylation sites (tertiary alicyclic amines) is 1. The molecule has 1 N–H and O–H groups in total. The van der Waals surface area contributed by atoms with Crippen LogP contribution in [0.2, 0.25) is 0 Å². The maximum absolute atomic E-state index is 14.6. The summed E-state index contributed by atoms with van der Waals surface area (Å²) in [5, 5.41) is 10.4. The van der Waals surface area contributed by atoms with Crippen molar-refractivity contribution in [1.29, 1.82) is 0 Å². The number of carbonyl (C=O) groups excluding carboxylic acids is 3. The van der Waals surface area contributed by atoms with Gasteiger partial charge in [-0.1, -0.05) is 91.9 Å². The van der Waals surface area contributed by atoms with Gasteiger partial charge in [-0.3, -0.25) is 14.4 Å². The minimum absolute atomic E-state index is 0.0621. The summed E-state index contributed by atoms with van der Waals surface area (Å²) in [5.74, 6) is -1.75. The van der Waals surface area contributed by atoms with E-state index in [2.05, 4.69) is 6.08 Å². The number of hydrogen-bond donors (Lipinski definition) is 1. The lowest BCUT2D eigenvalue weighted by molar-refractivity contribution is -0.147. The van der Waals surface area contributed by atoms with E-state index in [0.29, 0.717) is 32.6 Å². The summed E-state index contributed by atoms with van der Waals surface area (Å²) in [6.45, 7) is 5.49. The molecule has 4 aliphatic heterocycles. The van der Waals surface area contributed by atoms with Crippen molar-refractivity contribution in [1.82, 2.24) is 14.7 Å². The Bertz CT molecular complexity index is 1380. The molecular weight excluding hydrogens is 534 g/mol. The standard InChI is InChI=1S/C33H37N3O4S/c1-3-25(22-37)36-28-31(40)35(21-24-14-8-5-9-15-24)19-11-17-33(28)27(30(36)39)26-29(38)34(18-10-16-32(26,2)41-33)20-23-12-6-4-7-13-23/h4-17,25-28,37H,3,18-22H2,1-2H3/t25-,26-,27-,28?,32+,33-/m0/s1. The Morgan fingerprint density at radius 1 is 0.829 bits per heavy atom. The molecule has 1 spiro atoms. The third-order valence-corrected chi connectivity index (χ3v) is 11.0. The van der Waals surface area contributed by atoms with Crippen LogP contribution in [0.1, 0.15) is 31.4 Å². The van der Waals surface area contributed by atoms with Gasteiger partial charge in [0, 0.05) is 30.9 Å². The van der Waals surface area contributed by atoms with Crippen LogP contribution in [-0.2, 0) is 27.5 Å². The lowest BCUT2D eigenvalue weighted by atomic mass is 9.74. The van der Waals surface area contributed by atoms with Crippen LogP contribution >= 0.6 is 11.8 Å². The van der Waals surface area contributed by atoms with Crippen molar-refractivity contribution in [2.45, 2.75) is 54.9 Å². The van der Waals surface area contributed by atoms with E-state index in [1.54, 1.807) is 21.6 Å². The van der Waals surface area contributed by atoms with Crippen molar-refractivity contribution in [2.75, 3.05) is 19.7 Å². The molecule has 0 aromatic heterocycles. The normalized spacial score (nSPS) is 31.5. The molecular formula is C33H37N3O4S. The summed E-state index contributed by atoms with van der Waals surface area (Å²) in [4.78, 5) is 48.7. The molecule has 2 aromatic rings. The number of fused-ring (bicyclic) bond motifs is 2. The number of thioether (sulfide) groups is 1. The molecule has 8 heteroatoms. The van der Waals surface area contributed by atoms with Crippen LogP contribution in [0.15, 0.2) is 85.0 Å². The summed E-state index contributed by atoms with van der Waals surface area (Å²) in [5.41, 5.74) is 2.04. The lowest BCUT2D eigenvalue weighted by Gasteiger charge is -2.39. The number of nitrogens with zero attached hydrogens (tertiary/aromatic N) is 3. The zero-order valence-corrected chi connectivity index (χ0v) is 24.4. The van der Waals surface area contributed by atoms with E-state index in [4.69, 9.17) is 0 Å². The minimum atomic E-state index is -0.919. The summed E-state index contributed by atoms with van der Waals surface area (Å²) in [7, 11) is 0. The maximum atomic E-state index is 14.6. The highest BCUT2D eigenvalue weighted by atomic mass is 32.2. The number of aliphatic hydroxyl groups is 1. The highest BCUT2D eigenvalue weighted by molar-refractivity contribution is 8.02. The summed E-state index contributed by atoms with van der Waals surface area (Å²) < 4.78 is -1.58. The highest BCUT2D eigenvalue weighted by Gasteiger charge is 2.74. The number of benzene rings is 2. The van der Waals surface area contributed by atoms with Gasteiger partial charge in [-0.15, -0.1) is 11.8 Å². The van der Waals surface area contributed by atoms with Crippen molar-refractivity contribution >= 4 is 29.5 Å². The van der Waals surface area contributed by atoms with Crippen LogP contribution < -0.4 is 0 Å². The fourth-order valence-corrected chi connectivity index (χ4v) is 9.40. The zero-order chi connectivity index (χ0) is 28.8. The van der Waals surface area contributed by atoms with E-state index in [9.17, 15) is 19.5 Å². The first-order valence-electron chi connectivity index (χ1n) is 14.5. The molecule has 0 saturated carbocycles. The van der Waals surface area contributed by atoms with Crippen molar-refractivity contribution in [2.24, 2.45) is 11.8 Å². The van der Waals surface area contributed by atoms with Crippen LogP contribution in [-0.4, -0.2) is 78.8 Å². The van der Waals surface area contributed by atoms with E-state index in [0.717, 1.165) is 11.1 Å². The molecule has 4 heterocycles. The third kappa shape index (κ3) is 4.52. The van der Waals surface area contributed by atoms with Crippen molar-refractivity contribution < 1.29 is 19.5 Å². The summed E-state index contributed by atoms with van der Waals surface area (Å²) in [6, 6.07) is 18.4. The highest BCUT2D eigenvalue weighted by Crippen LogP contribution is 2.66. The smallest absolute Gasteiger partial charge is 0.247 e. The molecule has 214 valence electrons. The molecule has 2 fully saturated rings. The second-order valence-electron chi connectivity index (χ2n) is 11.7. The van der Waals surface area contributed by atoms with Crippen LogP contribution in [0.5, 0.6) is 0 Å². The Hall–Kier alpha value is -3.36. The van der Waals surface area contributed by atoms with Crippen molar-refractivity contribution in [3.8, 4) is 0 Å². The van der Waals surface area contributed by atoms with Gasteiger partial charge in [0.1, 0.15) is 6.04 Å². The molecule has 2 saturated heterocycles. The van der Waals surface area contributed by atoms with Crippen LogP contribution in [0.4, 0.5) is 0 Å². The molecule has 41 heavy (non-hydrogen) atoms. The van der Waals surface area contributed by atoms with Gasteiger partial charge >= 0.3 is 0 Å². The van der Waals surface area contributed by atoms with E-state index in [1.807, 2.05) is 97.6 Å². The first kappa shape index (κ1) is 27.8. The SMILES string of the molecule is CC[C@@H](CO)N1C(=O)[C@@H]2[C@H]3C(=O)N(Cc4ccccc4)CC=C[C@@]3(C)S[C@@]23C=CCN(Cc2ccccc2)C(=O)C13. The molecule has 4 aliphatic rings. The van der Waals surface area contributed by atoms with E-state index >= 15 is 0 Å². The van der Waals surface area contributed by atoms with Crippen LogP contribution in [0, 0.1) is 11.8 Å². The van der Waals surface area contributed by atoms with E-state index < -0.39 is 33.4 Å². The fraction of sp³-hybridized carbons (Fsp3) is 0.424. The molecule has 6 atom stereocenters. The molecule has 2 aromatic carbocycles. The summed E-state index contributed by atoms with van der Waals surface area (Å²) in [6.07, 6.45) is 8.68. The molecule has 6 rings (SSSR count). The molecule has 3 amide bonds. The first-order chi connectivity index (χ1) is 19.8. The topological polar surface area (TPSA) is 81.2 Å². The largest absolute Gasteiger partial charge is 0.394 e. The predicted molar refractivity (Wildman–Crippen MR) is 160 cm³/mol. The van der Waals surface area contributed by atoms with Gasteiger partial charge < -0.3 is 19.8 Å². The van der Waals surface area contributed by atoms with Gasteiger partial charge in [-0.2, -0.15) is 0 Å². The molecule has 7 nitrogen and oxygen atoms in total. The van der Waals surface area contributed by atoms with Gasteiger partial charge in [-0.05, 0) is 24.5 Å². The van der Waals surface area contributed by atoms with Crippen molar-refractivity contribution in [3.63, 3.8) is 0 Å². The third-order valence-electron chi connectivity index (χ3n) is 9.17. The fourth-order valence-electron chi connectivity index (χ4n) is 7.26. The van der Waals surface area contributed by atoms with Gasteiger partial charge in [0.05, 0.1) is 29.2 Å². The monoisotopic (exact) mass is 571 g/mol. The van der Waals surface area contributed by atoms with Gasteiger partial charge in [0.2, 0.25) is 17.7 Å². The molecule has 0 bridgehead atoms. The van der Waals surface area contributed by atoms with Crippen LogP contribution in [0.25, 0.3) is 0 Å². The minimum Gasteiger partial charge on any atom is -0.394 e. The molecule has 0 aliphatic carbocycles. The Labute approximate surface area is 245 Å². The second kappa shape index (κ2) is 10.8. The number of hydrogen-bond acceptors (Lipinski definition) is 5. The lowest BCUT2D eigenvalue weighted by Crippen LogP contribution is -2.56. The quantitative estimate of drug-likeness (QED) is 0.514. The van der Waals surface area contributed by atoms with Gasteiger partial charge in [0.25, 0.3) is 0 Å². The van der Waals surface area contributed by atoms with Crippen LogP contribution in [0.3, 0.4) is 0 Å². The zero-order valence-electron chi connectivity index (χ0n) is 23.6. The average Bonchev–Trinajstić information content (AvgIpc) is 3.26. The van der Waals surface area contributed by atoms with Gasteiger partial charge in [0.15, 0.2) is 0 Å². The van der Waals surface area contributed by atoms with E-state index in [-0.39, 0.29) is 24.3 Å². The first-order valence-corrected chi connectivity index (χ1v) is 15.3. The average molecular weight is 572 g/mol. The summed E-state index contributed by atoms with van der Waals surface area (Å²) >= 11 is 1.58. The Kier molecular flexibility index (Phi) is 7.32. The number of carbonyl (C=O) groups is 3. The maximum Gasteiger partial charge on any atom is 0.247 e. The number of amides is 3. The predicted octanol–water partition coefficient (Wildman–Crippen LogP) is 3.64. The number of rotatable bonds is 7. The Balaban J connectivity index is 1.42. The Morgan fingerprint density at radius 3 is 1.95 bits per heavy atom. The van der Waals surface area contributed by atoms with Gasteiger partial charge in [-0.25, -0.2) is 0 Å². The molecule has 1 unspecified atom stereocenters. The van der Waals surface area contributed by atoms with E-state index in [1.165, 1.54) is 0 Å². The second-order valence-corrected chi connectivity index (χ2v) is 13.5. The Morgan fingerprint density at radius 2 is 1.39 bits per heavy atom.